The zero-order valence-corrected chi connectivity index (χ0v) is 14.8. The van der Waals surface area contributed by atoms with Crippen LogP contribution in [-0.4, -0.2) is 40.0 Å². The summed E-state index contributed by atoms with van der Waals surface area (Å²) >= 11 is -1.13. The van der Waals surface area contributed by atoms with Crippen molar-refractivity contribution in [3.8, 4) is 11.1 Å². The van der Waals surface area contributed by atoms with Crippen LogP contribution < -0.4 is 5.32 Å². The molecule has 4 rings (SSSR count). The van der Waals surface area contributed by atoms with E-state index in [-0.39, 0.29) is 5.82 Å². The molecule has 6 heteroatoms. The topological polar surface area (TPSA) is 54.1 Å². The van der Waals surface area contributed by atoms with Crippen LogP contribution in [0.15, 0.2) is 47.5 Å². The van der Waals surface area contributed by atoms with Gasteiger partial charge in [0, 0.05) is 35.8 Å². The largest absolute Gasteiger partial charge is 0.593 e. The van der Waals surface area contributed by atoms with E-state index in [2.05, 4.69) is 10.3 Å². The molecule has 2 N–H and O–H groups in total. The first kappa shape index (κ1) is 16.6. The van der Waals surface area contributed by atoms with Crippen molar-refractivity contribution in [2.45, 2.75) is 11.8 Å². The van der Waals surface area contributed by atoms with Gasteiger partial charge in [0.25, 0.3) is 0 Å². The summed E-state index contributed by atoms with van der Waals surface area (Å²) in [7, 11) is 0. The molecule has 130 valence electrons. The van der Waals surface area contributed by atoms with Gasteiger partial charge in [0.15, 0.2) is 4.90 Å². The summed E-state index contributed by atoms with van der Waals surface area (Å²) in [5.74, 6) is -0.251. The highest BCUT2D eigenvalue weighted by Gasteiger charge is 2.24. The summed E-state index contributed by atoms with van der Waals surface area (Å²) in [6.07, 6.45) is 1.90. The highest BCUT2D eigenvalue weighted by atomic mass is 32.2. The zero-order chi connectivity index (χ0) is 17.4. The first-order valence-corrected chi connectivity index (χ1v) is 9.49. The second-order valence-electron chi connectivity index (χ2n) is 6.30. The van der Waals surface area contributed by atoms with E-state index in [1.54, 1.807) is 6.07 Å². The Labute approximate surface area is 149 Å². The predicted octanol–water partition coefficient (Wildman–Crippen LogP) is 3.21. The number of hydrogen-bond acceptors (Lipinski definition) is 3. The van der Waals surface area contributed by atoms with Crippen molar-refractivity contribution in [2.24, 2.45) is 0 Å². The maximum absolute atomic E-state index is 13.4. The normalized spacial score (nSPS) is 17.1. The molecular weight excluding hydrogens is 337 g/mol. The minimum atomic E-state index is -1.13. The highest BCUT2D eigenvalue weighted by molar-refractivity contribution is 7.89. The summed E-state index contributed by atoms with van der Waals surface area (Å²) in [4.78, 5) is 3.96. The summed E-state index contributed by atoms with van der Waals surface area (Å²) in [5, 5.41) is 4.26. The van der Waals surface area contributed by atoms with E-state index in [0.717, 1.165) is 58.7 Å². The first-order valence-electron chi connectivity index (χ1n) is 8.39. The summed E-state index contributed by atoms with van der Waals surface area (Å²) in [5.41, 5.74) is 3.94. The zero-order valence-electron chi connectivity index (χ0n) is 14.0. The van der Waals surface area contributed by atoms with Gasteiger partial charge >= 0.3 is 0 Å². The summed E-state index contributed by atoms with van der Waals surface area (Å²) in [6, 6.07) is 10.7. The lowest BCUT2D eigenvalue weighted by Gasteiger charge is -2.27. The number of aryl methyl sites for hydroxylation is 1. The van der Waals surface area contributed by atoms with E-state index in [4.69, 9.17) is 0 Å². The summed E-state index contributed by atoms with van der Waals surface area (Å²) in [6.45, 7) is 5.35. The van der Waals surface area contributed by atoms with Crippen molar-refractivity contribution in [1.82, 2.24) is 14.6 Å². The molecule has 1 atom stereocenters. The van der Waals surface area contributed by atoms with Crippen LogP contribution in [0.5, 0.6) is 0 Å². The monoisotopic (exact) mass is 357 g/mol. The molecule has 1 aliphatic heterocycles. The minimum absolute atomic E-state index is 0.251. The third kappa shape index (κ3) is 3.18. The van der Waals surface area contributed by atoms with Crippen molar-refractivity contribution in [3.05, 3.63) is 54.0 Å². The van der Waals surface area contributed by atoms with E-state index in [9.17, 15) is 8.94 Å². The van der Waals surface area contributed by atoms with Crippen LogP contribution in [0, 0.1) is 12.7 Å². The number of piperazine rings is 1. The molecule has 1 unspecified atom stereocenters. The number of fused-ring (bicyclic) bond motifs is 1. The number of halogens is 1. The van der Waals surface area contributed by atoms with Crippen LogP contribution in [0.1, 0.15) is 5.56 Å². The maximum Gasteiger partial charge on any atom is 0.174 e. The van der Waals surface area contributed by atoms with Crippen molar-refractivity contribution in [2.75, 3.05) is 26.2 Å². The van der Waals surface area contributed by atoms with Gasteiger partial charge in [-0.1, -0.05) is 0 Å². The van der Waals surface area contributed by atoms with E-state index in [1.807, 2.05) is 35.6 Å². The van der Waals surface area contributed by atoms with Crippen molar-refractivity contribution in [1.29, 1.82) is 0 Å². The number of aromatic nitrogens is 1. The second-order valence-corrected chi connectivity index (χ2v) is 7.78. The smallest absolute Gasteiger partial charge is 0.174 e. The average molecular weight is 357 g/mol. The molecule has 3 aromatic rings. The molecule has 0 amide bonds. The molecule has 0 aliphatic carbocycles. The molecule has 0 spiro atoms. The molecule has 25 heavy (non-hydrogen) atoms. The highest BCUT2D eigenvalue weighted by Crippen LogP contribution is 2.32. The molecule has 2 heterocycles. The van der Waals surface area contributed by atoms with Gasteiger partial charge in [-0.05, 0) is 54.4 Å². The molecule has 0 radical (unpaired) electrons. The van der Waals surface area contributed by atoms with E-state index in [0.29, 0.717) is 0 Å². The number of rotatable bonds is 3. The molecule has 2 aromatic carbocycles. The van der Waals surface area contributed by atoms with E-state index >= 15 is 0 Å². The Hall–Kier alpha value is -1.86. The van der Waals surface area contributed by atoms with E-state index < -0.39 is 11.4 Å². The number of benzene rings is 2. The SMILES string of the molecule is Cc1cc([S+]([O-])N2CCNCC2)ccc1-c1c[nH]c2cc(F)ccc12. The number of aromatic amines is 1. The van der Waals surface area contributed by atoms with Crippen LogP contribution in [-0.2, 0) is 11.4 Å². The second kappa shape index (κ2) is 6.80. The molecule has 1 fully saturated rings. The Morgan fingerprint density at radius 1 is 1.08 bits per heavy atom. The van der Waals surface area contributed by atoms with Crippen LogP contribution in [0.3, 0.4) is 0 Å². The third-order valence-corrected chi connectivity index (χ3v) is 6.14. The lowest BCUT2D eigenvalue weighted by Crippen LogP contribution is -2.46. The van der Waals surface area contributed by atoms with Crippen LogP contribution in [0.4, 0.5) is 4.39 Å². The minimum Gasteiger partial charge on any atom is -0.593 e. The van der Waals surface area contributed by atoms with Gasteiger partial charge in [0.2, 0.25) is 0 Å². The predicted molar refractivity (Wildman–Crippen MR) is 99.3 cm³/mol. The van der Waals surface area contributed by atoms with Crippen LogP contribution in [0.25, 0.3) is 22.0 Å². The standard InChI is InChI=1S/C19H20FN3OS/c1-13-10-15(25(24)23-8-6-21-7-9-23)3-5-16(13)18-12-22-19-11-14(20)2-4-17(18)19/h2-5,10-12,21-22H,6-9H2,1H3. The Kier molecular flexibility index (Phi) is 4.52. The number of hydrogen-bond donors (Lipinski definition) is 2. The fourth-order valence-corrected chi connectivity index (χ4v) is 4.60. The van der Waals surface area contributed by atoms with Gasteiger partial charge in [-0.2, -0.15) is 0 Å². The van der Waals surface area contributed by atoms with Gasteiger partial charge in [0.1, 0.15) is 5.82 Å². The van der Waals surface area contributed by atoms with Gasteiger partial charge < -0.3 is 14.9 Å². The molecule has 1 aromatic heterocycles. The van der Waals surface area contributed by atoms with Crippen molar-refractivity contribution in [3.63, 3.8) is 0 Å². The molecule has 1 saturated heterocycles. The molecule has 1 aliphatic rings. The van der Waals surface area contributed by atoms with Crippen LogP contribution in [0.2, 0.25) is 0 Å². The quantitative estimate of drug-likeness (QED) is 0.708. The first-order chi connectivity index (χ1) is 12.1. The molecular formula is C19H20FN3OS. The fraction of sp³-hybridized carbons (Fsp3) is 0.263. The lowest BCUT2D eigenvalue weighted by molar-refractivity contribution is 0.360. The third-order valence-electron chi connectivity index (χ3n) is 4.64. The van der Waals surface area contributed by atoms with Crippen molar-refractivity contribution >= 4 is 22.3 Å². The van der Waals surface area contributed by atoms with Crippen LogP contribution >= 0.6 is 0 Å². The molecule has 4 nitrogen and oxygen atoms in total. The fourth-order valence-electron chi connectivity index (χ4n) is 3.33. The number of nitrogens with zero attached hydrogens (tertiary/aromatic N) is 1. The Morgan fingerprint density at radius 2 is 1.88 bits per heavy atom. The Balaban J connectivity index is 1.67. The molecule has 0 bridgehead atoms. The summed E-state index contributed by atoms with van der Waals surface area (Å²) < 4.78 is 28.1. The van der Waals surface area contributed by atoms with E-state index in [1.165, 1.54) is 12.1 Å². The average Bonchev–Trinajstić information content (AvgIpc) is 3.04. The van der Waals surface area contributed by atoms with Crippen molar-refractivity contribution < 1.29 is 8.94 Å². The molecule has 0 saturated carbocycles. The van der Waals surface area contributed by atoms with Gasteiger partial charge in [-0.25, -0.2) is 4.39 Å². The Bertz CT molecular complexity index is 905. The number of H-pyrrole nitrogens is 1. The van der Waals surface area contributed by atoms with Gasteiger partial charge in [-0.3, -0.25) is 0 Å². The van der Waals surface area contributed by atoms with Gasteiger partial charge in [-0.15, -0.1) is 4.31 Å². The maximum atomic E-state index is 13.4. The number of nitrogens with one attached hydrogen (secondary N) is 2. The Morgan fingerprint density at radius 3 is 2.64 bits per heavy atom. The van der Waals surface area contributed by atoms with Gasteiger partial charge in [0.05, 0.1) is 24.5 Å². The lowest BCUT2D eigenvalue weighted by atomic mass is 10.0.